The quantitative estimate of drug-likeness (QED) is 0.199. The molecule has 0 fully saturated rings. The molecular weight excluding hydrogens is 510 g/mol. The molecule has 0 bridgehead atoms. The summed E-state index contributed by atoms with van der Waals surface area (Å²) in [6.07, 6.45) is 4.14. The van der Waals surface area contributed by atoms with Gasteiger partial charge in [0.05, 0.1) is 12.9 Å². The van der Waals surface area contributed by atoms with Gasteiger partial charge in [-0.05, 0) is 83.9 Å². The number of carboxylic acid groups (broad SMARTS) is 1. The van der Waals surface area contributed by atoms with Crippen molar-refractivity contribution in [3.8, 4) is 11.1 Å². The molecule has 4 rings (SSSR count). The van der Waals surface area contributed by atoms with E-state index < -0.39 is 24.0 Å². The summed E-state index contributed by atoms with van der Waals surface area (Å²) in [7, 11) is 0. The third kappa shape index (κ3) is 7.40. The maximum absolute atomic E-state index is 13.4. The molecule has 4 aromatic rings. The summed E-state index contributed by atoms with van der Waals surface area (Å²) < 4.78 is 12.1. The molecule has 0 aliphatic heterocycles. The fourth-order valence-corrected chi connectivity index (χ4v) is 4.94. The molecule has 0 spiro atoms. The van der Waals surface area contributed by atoms with E-state index in [2.05, 4.69) is 17.4 Å². The average molecular weight is 544 g/mol. The summed E-state index contributed by atoms with van der Waals surface area (Å²) in [4.78, 5) is 25.2. The van der Waals surface area contributed by atoms with Gasteiger partial charge in [-0.2, -0.15) is 11.8 Å². The van der Waals surface area contributed by atoms with Gasteiger partial charge in [0.2, 0.25) is 0 Å². The van der Waals surface area contributed by atoms with Crippen molar-refractivity contribution in [1.82, 2.24) is 5.32 Å². The highest BCUT2D eigenvalue weighted by molar-refractivity contribution is 7.98. The molecule has 2 unspecified atom stereocenters. The molecule has 202 valence electrons. The van der Waals surface area contributed by atoms with Crippen LogP contribution in [0.15, 0.2) is 95.6 Å². The zero-order valence-corrected chi connectivity index (χ0v) is 22.9. The zero-order valence-electron chi connectivity index (χ0n) is 22.1. The molecule has 0 saturated heterocycles. The van der Waals surface area contributed by atoms with E-state index in [1.807, 2.05) is 79.9 Å². The lowest BCUT2D eigenvalue weighted by Gasteiger charge is -2.21. The number of hydrogen-bond donors (Lipinski definition) is 2. The topological polar surface area (TPSA) is 88.8 Å². The molecule has 0 radical (unpaired) electrons. The second kappa shape index (κ2) is 13.8. The Bertz CT molecular complexity index is 1370. The number of nitrogens with one attached hydrogen (secondary N) is 1. The van der Waals surface area contributed by atoms with Crippen LogP contribution in [-0.4, -0.2) is 41.6 Å². The van der Waals surface area contributed by atoms with E-state index in [-0.39, 0.29) is 0 Å². The molecule has 1 heterocycles. The van der Waals surface area contributed by atoms with Crippen LogP contribution in [0.3, 0.4) is 0 Å². The minimum atomic E-state index is -1.05. The SMILES string of the molecule is CSCCC(NC(=O)c1ccc(C(OCCc2ccccc2)c2ccco2)cc1-c1ccccc1C)C(=O)O. The highest BCUT2D eigenvalue weighted by Gasteiger charge is 2.25. The summed E-state index contributed by atoms with van der Waals surface area (Å²) >= 11 is 1.54. The van der Waals surface area contributed by atoms with Gasteiger partial charge in [-0.15, -0.1) is 0 Å². The van der Waals surface area contributed by atoms with Crippen molar-refractivity contribution in [3.63, 3.8) is 0 Å². The Morgan fingerprint density at radius 3 is 2.44 bits per heavy atom. The van der Waals surface area contributed by atoms with Gasteiger partial charge in [-0.1, -0.05) is 60.7 Å². The van der Waals surface area contributed by atoms with Gasteiger partial charge in [-0.25, -0.2) is 4.79 Å². The molecule has 0 saturated carbocycles. The predicted molar refractivity (Wildman–Crippen MR) is 155 cm³/mol. The van der Waals surface area contributed by atoms with Gasteiger partial charge in [0.1, 0.15) is 17.9 Å². The van der Waals surface area contributed by atoms with E-state index in [0.717, 1.165) is 23.1 Å². The van der Waals surface area contributed by atoms with Crippen molar-refractivity contribution in [2.75, 3.05) is 18.6 Å². The molecule has 39 heavy (non-hydrogen) atoms. The molecule has 2 N–H and O–H groups in total. The van der Waals surface area contributed by atoms with E-state index in [1.165, 1.54) is 5.56 Å². The summed E-state index contributed by atoms with van der Waals surface area (Å²) in [5, 5.41) is 12.4. The van der Waals surface area contributed by atoms with Gasteiger partial charge in [0, 0.05) is 5.56 Å². The summed E-state index contributed by atoms with van der Waals surface area (Å²) in [5.74, 6) is -0.172. The normalized spacial score (nSPS) is 12.6. The van der Waals surface area contributed by atoms with Crippen molar-refractivity contribution < 1.29 is 23.8 Å². The van der Waals surface area contributed by atoms with Crippen LogP contribution in [0.25, 0.3) is 11.1 Å². The number of hydrogen-bond acceptors (Lipinski definition) is 5. The van der Waals surface area contributed by atoms with Gasteiger partial charge in [0.15, 0.2) is 0 Å². The van der Waals surface area contributed by atoms with Crippen LogP contribution < -0.4 is 5.32 Å². The molecule has 1 amide bonds. The fraction of sp³-hybridized carbons (Fsp3) is 0.250. The van der Waals surface area contributed by atoms with Crippen LogP contribution >= 0.6 is 11.8 Å². The third-order valence-electron chi connectivity index (χ3n) is 6.56. The summed E-state index contributed by atoms with van der Waals surface area (Å²) in [5.41, 5.74) is 5.03. The molecule has 0 aliphatic carbocycles. The van der Waals surface area contributed by atoms with Crippen molar-refractivity contribution in [1.29, 1.82) is 0 Å². The first kappa shape index (κ1) is 28.2. The Morgan fingerprint density at radius 2 is 1.74 bits per heavy atom. The number of aliphatic carboxylic acids is 1. The van der Waals surface area contributed by atoms with Crippen molar-refractivity contribution >= 4 is 23.6 Å². The number of amides is 1. The van der Waals surface area contributed by atoms with Crippen molar-refractivity contribution in [2.45, 2.75) is 31.9 Å². The van der Waals surface area contributed by atoms with Crippen LogP contribution in [-0.2, 0) is 16.0 Å². The third-order valence-corrected chi connectivity index (χ3v) is 7.20. The van der Waals surface area contributed by atoms with Gasteiger partial charge >= 0.3 is 5.97 Å². The molecule has 3 aromatic carbocycles. The number of carbonyl (C=O) groups excluding carboxylic acids is 1. The van der Waals surface area contributed by atoms with E-state index in [1.54, 1.807) is 24.1 Å². The molecular formula is C32H33NO5S. The van der Waals surface area contributed by atoms with Crippen LogP contribution in [0.4, 0.5) is 0 Å². The Morgan fingerprint density at radius 1 is 0.974 bits per heavy atom. The standard InChI is InChI=1S/C32H33NO5S/c1-22-9-6-7-12-25(22)27-21-24(14-15-26(27)31(34)33-28(32(35)36)17-20-39-2)30(29-13-8-18-37-29)38-19-16-23-10-4-3-5-11-23/h3-15,18,21,28,30H,16-17,19-20H2,1-2H3,(H,33,34)(H,35,36). The molecule has 1 aromatic heterocycles. The minimum absolute atomic E-state index is 0.343. The molecule has 0 aliphatic rings. The van der Waals surface area contributed by atoms with Crippen LogP contribution in [0.5, 0.6) is 0 Å². The fourth-order valence-electron chi connectivity index (χ4n) is 4.47. The number of rotatable bonds is 13. The van der Waals surface area contributed by atoms with Crippen LogP contribution in [0, 0.1) is 6.92 Å². The second-order valence-electron chi connectivity index (χ2n) is 9.27. The largest absolute Gasteiger partial charge is 0.480 e. The second-order valence-corrected chi connectivity index (χ2v) is 10.3. The van der Waals surface area contributed by atoms with E-state index in [0.29, 0.717) is 35.7 Å². The molecule has 6 nitrogen and oxygen atoms in total. The lowest BCUT2D eigenvalue weighted by molar-refractivity contribution is -0.139. The van der Waals surface area contributed by atoms with Gasteiger partial charge < -0.3 is 19.6 Å². The Kier molecular flexibility index (Phi) is 10.00. The lowest BCUT2D eigenvalue weighted by Crippen LogP contribution is -2.41. The number of ether oxygens (including phenoxy) is 1. The highest BCUT2D eigenvalue weighted by Crippen LogP contribution is 2.34. The Hall–Kier alpha value is -3.81. The Labute approximate surface area is 233 Å². The van der Waals surface area contributed by atoms with E-state index >= 15 is 0 Å². The van der Waals surface area contributed by atoms with E-state index in [4.69, 9.17) is 9.15 Å². The zero-order chi connectivity index (χ0) is 27.6. The lowest BCUT2D eigenvalue weighted by atomic mass is 9.92. The number of carboxylic acids is 1. The first-order valence-electron chi connectivity index (χ1n) is 12.9. The summed E-state index contributed by atoms with van der Waals surface area (Å²) in [6, 6.07) is 26.3. The predicted octanol–water partition coefficient (Wildman–Crippen LogP) is 6.54. The number of thioether (sulfide) groups is 1. The van der Waals surface area contributed by atoms with Crippen molar-refractivity contribution in [2.24, 2.45) is 0 Å². The number of carbonyl (C=O) groups is 2. The first-order chi connectivity index (χ1) is 19.0. The first-order valence-corrected chi connectivity index (χ1v) is 14.3. The monoisotopic (exact) mass is 543 g/mol. The van der Waals surface area contributed by atoms with Gasteiger partial charge in [0.25, 0.3) is 5.91 Å². The number of aryl methyl sites for hydroxylation is 1. The number of benzene rings is 3. The average Bonchev–Trinajstić information content (AvgIpc) is 3.48. The Balaban J connectivity index is 1.69. The van der Waals surface area contributed by atoms with Crippen LogP contribution in [0.1, 0.15) is 45.3 Å². The maximum atomic E-state index is 13.4. The highest BCUT2D eigenvalue weighted by atomic mass is 32.2. The minimum Gasteiger partial charge on any atom is -0.480 e. The van der Waals surface area contributed by atoms with Crippen molar-refractivity contribution in [3.05, 3.63) is 119 Å². The smallest absolute Gasteiger partial charge is 0.326 e. The van der Waals surface area contributed by atoms with Crippen LogP contribution in [0.2, 0.25) is 0 Å². The maximum Gasteiger partial charge on any atom is 0.326 e. The molecule has 7 heteroatoms. The number of furan rings is 1. The van der Waals surface area contributed by atoms with Gasteiger partial charge in [-0.3, -0.25) is 4.79 Å². The molecule has 2 atom stereocenters. The summed E-state index contributed by atoms with van der Waals surface area (Å²) in [6.45, 7) is 2.47. The van der Waals surface area contributed by atoms with E-state index in [9.17, 15) is 14.7 Å².